The fraction of sp³-hybridized carbons (Fsp3) is 0.394. The Kier molecular flexibility index (Phi) is 10.4. The van der Waals surface area contributed by atoms with Crippen LogP contribution in [0.15, 0.2) is 77.7 Å². The van der Waals surface area contributed by atoms with Gasteiger partial charge in [0.25, 0.3) is 10.0 Å². The highest BCUT2D eigenvalue weighted by molar-refractivity contribution is 7.92. The molecular weight excluding hydrogens is 534 g/mol. The second-order valence-corrected chi connectivity index (χ2v) is 13.4. The quantitative estimate of drug-likeness (QED) is 0.323. The molecule has 0 bridgehead atoms. The minimum Gasteiger partial charge on any atom is -0.350 e. The highest BCUT2D eigenvalue weighted by atomic mass is 32.2. The van der Waals surface area contributed by atoms with Gasteiger partial charge >= 0.3 is 0 Å². The van der Waals surface area contributed by atoms with Crippen molar-refractivity contribution in [2.24, 2.45) is 0 Å². The lowest BCUT2D eigenvalue weighted by Crippen LogP contribution is -2.56. The predicted molar refractivity (Wildman–Crippen MR) is 165 cm³/mol. The number of carbonyl (C=O) groups is 2. The van der Waals surface area contributed by atoms with Crippen LogP contribution in [0, 0.1) is 20.8 Å². The van der Waals surface area contributed by atoms with Gasteiger partial charge in [-0.3, -0.25) is 13.9 Å². The van der Waals surface area contributed by atoms with Gasteiger partial charge in [-0.15, -0.1) is 0 Å². The summed E-state index contributed by atoms with van der Waals surface area (Å²) in [6.07, 6.45) is 0.913. The van der Waals surface area contributed by atoms with Crippen molar-refractivity contribution in [1.29, 1.82) is 0 Å². The maximum absolute atomic E-state index is 14.2. The number of benzene rings is 3. The Morgan fingerprint density at radius 3 is 2.10 bits per heavy atom. The van der Waals surface area contributed by atoms with Crippen LogP contribution in [-0.2, 0) is 26.0 Å². The second kappa shape index (κ2) is 13.3. The van der Waals surface area contributed by atoms with E-state index in [1.54, 1.807) is 36.4 Å². The number of anilines is 1. The number of nitrogens with one attached hydrogen (secondary N) is 1. The maximum atomic E-state index is 14.2. The Morgan fingerprint density at radius 2 is 1.51 bits per heavy atom. The van der Waals surface area contributed by atoms with Crippen molar-refractivity contribution in [3.63, 3.8) is 0 Å². The molecule has 3 rings (SSSR count). The fourth-order valence-electron chi connectivity index (χ4n) is 4.71. The molecule has 1 unspecified atom stereocenters. The molecule has 3 aromatic rings. The summed E-state index contributed by atoms with van der Waals surface area (Å²) in [7, 11) is -4.10. The van der Waals surface area contributed by atoms with Crippen molar-refractivity contribution < 1.29 is 18.0 Å². The summed E-state index contributed by atoms with van der Waals surface area (Å²) in [6.45, 7) is 13.0. The summed E-state index contributed by atoms with van der Waals surface area (Å²) < 4.78 is 29.4. The first-order chi connectivity index (χ1) is 19.2. The zero-order chi connectivity index (χ0) is 30.4. The average molecular weight is 578 g/mol. The number of amides is 2. The third-order valence-corrected chi connectivity index (χ3v) is 8.87. The van der Waals surface area contributed by atoms with Gasteiger partial charge in [0.15, 0.2) is 0 Å². The average Bonchev–Trinajstić information content (AvgIpc) is 2.91. The lowest BCUT2D eigenvalue weighted by Gasteiger charge is -2.35. The van der Waals surface area contributed by atoms with E-state index in [0.29, 0.717) is 18.5 Å². The third-order valence-electron chi connectivity index (χ3n) is 7.10. The molecule has 0 aliphatic carbocycles. The monoisotopic (exact) mass is 577 g/mol. The van der Waals surface area contributed by atoms with E-state index in [9.17, 15) is 18.0 Å². The van der Waals surface area contributed by atoms with Crippen LogP contribution in [0.3, 0.4) is 0 Å². The molecule has 1 N–H and O–H groups in total. The van der Waals surface area contributed by atoms with E-state index in [-0.39, 0.29) is 17.3 Å². The number of carbonyl (C=O) groups excluding carboxylic acids is 2. The number of nitrogens with zero attached hydrogens (tertiary/aromatic N) is 2. The summed E-state index contributed by atoms with van der Waals surface area (Å²) in [6, 6.07) is 21.0. The molecule has 0 aliphatic heterocycles. The Balaban J connectivity index is 2.06. The molecule has 3 aromatic carbocycles. The lowest BCUT2D eigenvalue weighted by atomic mass is 10.1. The third kappa shape index (κ3) is 8.19. The molecular formula is C33H43N3O4S. The predicted octanol–water partition coefficient (Wildman–Crippen LogP) is 5.57. The number of aryl methyl sites for hydroxylation is 2. The van der Waals surface area contributed by atoms with Crippen molar-refractivity contribution in [2.45, 2.75) is 77.8 Å². The van der Waals surface area contributed by atoms with Gasteiger partial charge in [-0.25, -0.2) is 8.42 Å². The van der Waals surface area contributed by atoms with Crippen LogP contribution < -0.4 is 9.62 Å². The molecule has 7 nitrogen and oxygen atoms in total. The Morgan fingerprint density at radius 1 is 0.878 bits per heavy atom. The van der Waals surface area contributed by atoms with E-state index in [4.69, 9.17) is 0 Å². The Labute approximate surface area is 245 Å². The highest BCUT2D eigenvalue weighted by Gasteiger charge is 2.34. The summed E-state index contributed by atoms with van der Waals surface area (Å²) in [4.78, 5) is 29.2. The first kappa shape index (κ1) is 31.9. The van der Waals surface area contributed by atoms with Crippen LogP contribution >= 0.6 is 0 Å². The molecule has 0 radical (unpaired) electrons. The zero-order valence-corrected chi connectivity index (χ0v) is 26.1. The van der Waals surface area contributed by atoms with Crippen LogP contribution in [0.4, 0.5) is 5.69 Å². The SMILES string of the molecule is CCC(C(=O)NC(C)(C)C)N(CCc1ccccc1)C(=O)CN(c1cccc(C)c1C)S(=O)(=O)c1ccc(C)cc1. The van der Waals surface area contributed by atoms with Crippen molar-refractivity contribution in [3.05, 3.63) is 95.1 Å². The minimum atomic E-state index is -4.10. The minimum absolute atomic E-state index is 0.102. The van der Waals surface area contributed by atoms with Crippen molar-refractivity contribution in [3.8, 4) is 0 Å². The first-order valence-corrected chi connectivity index (χ1v) is 15.5. The normalized spacial score (nSPS) is 12.5. The van der Waals surface area contributed by atoms with Gasteiger partial charge in [0.2, 0.25) is 11.8 Å². The van der Waals surface area contributed by atoms with E-state index in [0.717, 1.165) is 22.3 Å². The van der Waals surface area contributed by atoms with Gasteiger partial charge in [0.1, 0.15) is 12.6 Å². The van der Waals surface area contributed by atoms with Gasteiger partial charge in [0, 0.05) is 12.1 Å². The maximum Gasteiger partial charge on any atom is 0.264 e. The number of rotatable bonds is 11. The molecule has 0 heterocycles. The van der Waals surface area contributed by atoms with Crippen LogP contribution in [0.1, 0.15) is 56.4 Å². The van der Waals surface area contributed by atoms with Gasteiger partial charge in [-0.2, -0.15) is 0 Å². The van der Waals surface area contributed by atoms with Gasteiger partial charge < -0.3 is 10.2 Å². The van der Waals surface area contributed by atoms with Crippen LogP contribution in [0.2, 0.25) is 0 Å². The molecule has 0 saturated carbocycles. The summed E-state index contributed by atoms with van der Waals surface area (Å²) >= 11 is 0. The fourth-order valence-corrected chi connectivity index (χ4v) is 6.18. The van der Waals surface area contributed by atoms with Gasteiger partial charge in [-0.05, 0) is 89.3 Å². The summed E-state index contributed by atoms with van der Waals surface area (Å²) in [5.74, 6) is -0.700. The molecule has 0 fully saturated rings. The standard InChI is InChI=1S/C33H43N3O4S/c1-8-29(32(38)34-33(5,6)7)35(22-21-27-14-10-9-11-15-27)31(37)23-36(30-16-12-13-25(3)26(30)4)41(39,40)28-19-17-24(2)18-20-28/h9-20,29H,8,21-23H2,1-7H3,(H,34,38). The Hall–Kier alpha value is -3.65. The molecule has 2 amide bonds. The second-order valence-electron chi connectivity index (χ2n) is 11.5. The van der Waals surface area contributed by atoms with E-state index >= 15 is 0 Å². The largest absolute Gasteiger partial charge is 0.350 e. The van der Waals surface area contributed by atoms with Crippen molar-refractivity contribution >= 4 is 27.5 Å². The van der Waals surface area contributed by atoms with Gasteiger partial charge in [-0.1, -0.05) is 67.1 Å². The van der Waals surface area contributed by atoms with Crippen molar-refractivity contribution in [1.82, 2.24) is 10.2 Å². The lowest BCUT2D eigenvalue weighted by molar-refractivity contribution is -0.140. The number of hydrogen-bond acceptors (Lipinski definition) is 4. The molecule has 41 heavy (non-hydrogen) atoms. The van der Waals surface area contributed by atoms with Crippen LogP contribution in [-0.4, -0.2) is 49.8 Å². The molecule has 0 aliphatic rings. The van der Waals surface area contributed by atoms with E-state index in [2.05, 4.69) is 5.32 Å². The van der Waals surface area contributed by atoms with Crippen molar-refractivity contribution in [2.75, 3.05) is 17.4 Å². The molecule has 0 aromatic heterocycles. The summed E-state index contributed by atoms with van der Waals surface area (Å²) in [5, 5.41) is 3.00. The topological polar surface area (TPSA) is 86.8 Å². The molecule has 8 heteroatoms. The number of sulfonamides is 1. The Bertz CT molecular complexity index is 1450. The smallest absolute Gasteiger partial charge is 0.264 e. The van der Waals surface area contributed by atoms with Crippen LogP contribution in [0.25, 0.3) is 0 Å². The zero-order valence-electron chi connectivity index (χ0n) is 25.3. The number of hydrogen-bond donors (Lipinski definition) is 1. The molecule has 0 spiro atoms. The van der Waals surface area contributed by atoms with E-state index in [1.165, 1.54) is 9.21 Å². The van der Waals surface area contributed by atoms with Crippen LogP contribution in [0.5, 0.6) is 0 Å². The van der Waals surface area contributed by atoms with E-state index < -0.39 is 34.1 Å². The highest BCUT2D eigenvalue weighted by Crippen LogP contribution is 2.29. The molecule has 0 saturated heterocycles. The summed E-state index contributed by atoms with van der Waals surface area (Å²) in [5.41, 5.74) is 3.59. The van der Waals surface area contributed by atoms with Gasteiger partial charge in [0.05, 0.1) is 10.6 Å². The van der Waals surface area contributed by atoms with E-state index in [1.807, 2.05) is 84.9 Å². The first-order valence-electron chi connectivity index (χ1n) is 14.1. The molecule has 220 valence electrons. The molecule has 1 atom stereocenters.